The van der Waals surface area contributed by atoms with Gasteiger partial charge in [-0.25, -0.2) is 52.7 Å². The van der Waals surface area contributed by atoms with Gasteiger partial charge in [0.05, 0.1) is 17.9 Å². The summed E-state index contributed by atoms with van der Waals surface area (Å²) >= 11 is 0. The van der Waals surface area contributed by atoms with Gasteiger partial charge >= 0.3 is 0 Å². The summed E-state index contributed by atoms with van der Waals surface area (Å²) in [5, 5.41) is 0. The third-order valence-corrected chi connectivity index (χ3v) is 18.7. The Balaban J connectivity index is 0.000000134. The monoisotopic (exact) mass is 1500 g/mol. The van der Waals surface area contributed by atoms with Gasteiger partial charge < -0.3 is 48.2 Å². The molecule has 0 saturated carbocycles. The van der Waals surface area contributed by atoms with Crippen molar-refractivity contribution in [1.82, 2.24) is 0 Å². The first-order chi connectivity index (χ1) is 50.9. The fraction of sp³-hybridized carbons (Fsp3) is 0.302. The molecule has 5 aliphatic heterocycles. The summed E-state index contributed by atoms with van der Waals surface area (Å²) in [4.78, 5) is 8.55. The lowest BCUT2D eigenvalue weighted by Gasteiger charge is -2.32. The molecule has 10 nitrogen and oxygen atoms in total. The smallest absolute Gasteiger partial charge is 0.161 e. The summed E-state index contributed by atoms with van der Waals surface area (Å²) in [6.07, 6.45) is 0. The van der Waals surface area contributed by atoms with Crippen molar-refractivity contribution in [3.63, 3.8) is 0 Å². The minimum atomic E-state index is -1.02. The molecule has 0 bridgehead atoms. The second-order valence-electron chi connectivity index (χ2n) is 31.0. The lowest BCUT2D eigenvalue weighted by Crippen LogP contribution is -2.33. The molecule has 0 spiro atoms. The van der Waals surface area contributed by atoms with E-state index in [1.807, 2.05) is 34.1 Å². The van der Waals surface area contributed by atoms with Crippen molar-refractivity contribution in [2.75, 3.05) is 58.2 Å². The second kappa shape index (κ2) is 32.0. The predicted molar refractivity (Wildman–Crippen MR) is 397 cm³/mol. The molecule has 0 saturated heterocycles. The molecule has 0 amide bonds. The van der Waals surface area contributed by atoms with E-state index in [4.69, 9.17) is 23.7 Å². The SMILES string of the molecule is CC(C)(C)c1ccc2c(c1)CN(c1ccc(F)c(F)c1)CO2.CC(C)(C)c1ccc2c(c1)CN(c1ccc(F)c(F)c1)CO2.CC(C)(C)c1ccc2c(c1)CN(c1ccc(F)cc1F)CO2.CC(C)(C)c1ccc2c(c1)CN(c1ccc(F)cc1F)CO2.Fc1cc(F)c(N2COc3ccc(F)cc3C2)c(F)c1. The molecule has 10 aromatic carbocycles. The second-order valence-corrected chi connectivity index (χ2v) is 31.0. The van der Waals surface area contributed by atoms with Crippen molar-refractivity contribution in [3.8, 4) is 28.7 Å². The third-order valence-electron chi connectivity index (χ3n) is 18.7. The molecule has 0 radical (unpaired) electrons. The van der Waals surface area contributed by atoms with Gasteiger partial charge in [-0.1, -0.05) is 107 Å². The van der Waals surface area contributed by atoms with Crippen LogP contribution in [0, 0.1) is 69.8 Å². The molecule has 0 unspecified atom stereocenters. The van der Waals surface area contributed by atoms with Crippen LogP contribution in [0.1, 0.15) is 133 Å². The molecule has 0 N–H and O–H groups in total. The maximum Gasteiger partial charge on any atom is 0.161 e. The number of hydrogen-bond acceptors (Lipinski definition) is 10. The summed E-state index contributed by atoms with van der Waals surface area (Å²) in [7, 11) is 0. The topological polar surface area (TPSA) is 62.3 Å². The molecule has 0 atom stereocenters. The van der Waals surface area contributed by atoms with E-state index in [-0.39, 0.29) is 54.1 Å². The quantitative estimate of drug-likeness (QED) is 0.156. The van der Waals surface area contributed by atoms with Gasteiger partial charge in [0.2, 0.25) is 0 Å². The average Bonchev–Trinajstić information content (AvgIpc) is 0.810. The molecule has 0 aromatic heterocycles. The van der Waals surface area contributed by atoms with Crippen LogP contribution in [0.5, 0.6) is 28.7 Å². The highest BCUT2D eigenvalue weighted by atomic mass is 19.2. The number of fused-ring (bicyclic) bond motifs is 5. The Morgan fingerprint density at radius 3 is 0.824 bits per heavy atom. The van der Waals surface area contributed by atoms with Crippen LogP contribution in [-0.4, -0.2) is 33.7 Å². The number of hydrogen-bond donors (Lipinski definition) is 0. The molecule has 568 valence electrons. The summed E-state index contributed by atoms with van der Waals surface area (Å²) in [6, 6.07) is 44.8. The van der Waals surface area contributed by atoms with Crippen LogP contribution in [0.15, 0.2) is 176 Å². The molecular weight excluding hydrogens is 1410 g/mol. The maximum atomic E-state index is 13.9. The van der Waals surface area contributed by atoms with E-state index in [9.17, 15) is 52.7 Å². The Morgan fingerprint density at radius 2 is 0.500 bits per heavy atom. The predicted octanol–water partition coefficient (Wildman–Crippen LogP) is 22.1. The van der Waals surface area contributed by atoms with Gasteiger partial charge in [0.1, 0.15) is 69.3 Å². The molecule has 15 rings (SSSR count). The summed E-state index contributed by atoms with van der Waals surface area (Å²) in [5.74, 6) is -5.32. The molecule has 5 heterocycles. The molecule has 108 heavy (non-hydrogen) atoms. The van der Waals surface area contributed by atoms with E-state index in [0.29, 0.717) is 85.8 Å². The number of ether oxygens (including phenoxy) is 5. The van der Waals surface area contributed by atoms with Crippen molar-refractivity contribution in [3.05, 3.63) is 296 Å². The highest BCUT2D eigenvalue weighted by molar-refractivity contribution is 5.57. The van der Waals surface area contributed by atoms with E-state index in [1.54, 1.807) is 21.9 Å². The van der Waals surface area contributed by atoms with Gasteiger partial charge in [0, 0.05) is 102 Å². The average molecular weight is 1500 g/mol. The zero-order chi connectivity index (χ0) is 77.9. The Hall–Kier alpha value is -10.6. The first kappa shape index (κ1) is 78.4. The minimum absolute atomic E-state index is 0.0401. The van der Waals surface area contributed by atoms with Crippen LogP contribution in [0.3, 0.4) is 0 Å². The van der Waals surface area contributed by atoms with Crippen LogP contribution in [-0.2, 0) is 54.4 Å². The zero-order valence-corrected chi connectivity index (χ0v) is 62.1. The van der Waals surface area contributed by atoms with Crippen LogP contribution < -0.4 is 48.2 Å². The van der Waals surface area contributed by atoms with Gasteiger partial charge in [-0.05, 0) is 159 Å². The van der Waals surface area contributed by atoms with Gasteiger partial charge in [0.15, 0.2) is 68.6 Å². The molecule has 5 aliphatic rings. The number of nitrogens with zero attached hydrogens (tertiary/aromatic N) is 5. The summed E-state index contributed by atoms with van der Waals surface area (Å²) in [5.41, 5.74) is 11.2. The van der Waals surface area contributed by atoms with Crippen molar-refractivity contribution < 1.29 is 76.4 Å². The summed E-state index contributed by atoms with van der Waals surface area (Å²) < 4.78 is 189. The Morgan fingerprint density at radius 1 is 0.231 bits per heavy atom. The molecule has 0 aliphatic carbocycles. The van der Waals surface area contributed by atoms with Crippen molar-refractivity contribution >= 4 is 28.4 Å². The van der Waals surface area contributed by atoms with Crippen LogP contribution >= 0.6 is 0 Å². The van der Waals surface area contributed by atoms with E-state index >= 15 is 0 Å². The van der Waals surface area contributed by atoms with Crippen LogP contribution in [0.4, 0.5) is 81.1 Å². The van der Waals surface area contributed by atoms with Crippen LogP contribution in [0.2, 0.25) is 0 Å². The number of halogens is 12. The standard InChI is InChI=1S/4C18H19F2NO.C14H9F4NO/c2*1-18(2,3)13-4-7-17-12(8-13)10-21(11-22-17)16-6-5-14(19)9-15(16)20;2*1-18(2,3)13-4-7-17-12(8-13)10-21(11-22-17)14-5-6-15(19)16(20)9-14;15-9-1-2-13-8(3-9)6-19(7-20-13)14-11(17)4-10(16)5-12(14)18/h4*4-9H,10-11H2,1-3H3;1-5H,6-7H2. The number of rotatable bonds is 5. The molecule has 0 fully saturated rings. The van der Waals surface area contributed by atoms with Crippen molar-refractivity contribution in [2.24, 2.45) is 0 Å². The van der Waals surface area contributed by atoms with E-state index in [1.165, 1.54) is 81.8 Å². The van der Waals surface area contributed by atoms with E-state index in [2.05, 4.69) is 132 Å². The van der Waals surface area contributed by atoms with E-state index < -0.39 is 69.8 Å². The normalized spacial score (nSPS) is 14.4. The maximum absolute atomic E-state index is 13.9. The van der Waals surface area contributed by atoms with Crippen molar-refractivity contribution in [1.29, 1.82) is 0 Å². The first-order valence-corrected chi connectivity index (χ1v) is 35.1. The largest absolute Gasteiger partial charge is 0.473 e. The third kappa shape index (κ3) is 19.0. The lowest BCUT2D eigenvalue weighted by atomic mass is 9.86. The summed E-state index contributed by atoms with van der Waals surface area (Å²) in [6.45, 7) is 29.3. The minimum Gasteiger partial charge on any atom is -0.473 e. The Bertz CT molecular complexity index is 4650. The van der Waals surface area contributed by atoms with E-state index in [0.717, 1.165) is 69.5 Å². The molecule has 22 heteroatoms. The Kier molecular flexibility index (Phi) is 23.3. The van der Waals surface area contributed by atoms with Crippen molar-refractivity contribution in [2.45, 2.75) is 137 Å². The van der Waals surface area contributed by atoms with Gasteiger partial charge in [-0.3, -0.25) is 0 Å². The van der Waals surface area contributed by atoms with Gasteiger partial charge in [-0.2, -0.15) is 0 Å². The van der Waals surface area contributed by atoms with Gasteiger partial charge in [-0.15, -0.1) is 0 Å². The number of benzene rings is 10. The Labute approximate surface area is 622 Å². The highest BCUT2D eigenvalue weighted by Gasteiger charge is 2.30. The van der Waals surface area contributed by atoms with Gasteiger partial charge in [0.25, 0.3) is 0 Å². The molecule has 10 aromatic rings. The highest BCUT2D eigenvalue weighted by Crippen LogP contribution is 2.40. The molecular formula is C86H85F12N5O5. The fourth-order valence-electron chi connectivity index (χ4n) is 12.5. The first-order valence-electron chi connectivity index (χ1n) is 35.1. The zero-order valence-electron chi connectivity index (χ0n) is 62.1. The van der Waals surface area contributed by atoms with Crippen LogP contribution in [0.25, 0.3) is 0 Å². The fourth-order valence-corrected chi connectivity index (χ4v) is 12.5. The number of anilines is 5. The lowest BCUT2D eigenvalue weighted by molar-refractivity contribution is 0.285.